The molecule has 0 saturated carbocycles. The predicted molar refractivity (Wildman–Crippen MR) is 60.8 cm³/mol. The molecule has 0 amide bonds. The minimum Gasteiger partial charge on any atom is -0.424 e. The molecule has 15 heavy (non-hydrogen) atoms. The second-order valence-corrected chi connectivity index (χ2v) is 3.78. The summed E-state index contributed by atoms with van der Waals surface area (Å²) >= 11 is 5.14. The molecular formula is C10H10N2O2S. The SMILES string of the molecule is C[C@@H]1NC(=S)c2cc(N)ccc2OC1=O. The largest absolute Gasteiger partial charge is 0.424 e. The van der Waals surface area contributed by atoms with Crippen LogP contribution in [-0.2, 0) is 4.79 Å². The summed E-state index contributed by atoms with van der Waals surface area (Å²) in [7, 11) is 0. The van der Waals surface area contributed by atoms with Crippen LogP contribution in [-0.4, -0.2) is 17.0 Å². The highest BCUT2D eigenvalue weighted by Crippen LogP contribution is 2.24. The van der Waals surface area contributed by atoms with E-state index in [0.29, 0.717) is 22.0 Å². The van der Waals surface area contributed by atoms with E-state index in [1.54, 1.807) is 25.1 Å². The van der Waals surface area contributed by atoms with Crippen molar-refractivity contribution >= 4 is 28.9 Å². The minimum atomic E-state index is -0.439. The van der Waals surface area contributed by atoms with Crippen molar-refractivity contribution in [2.24, 2.45) is 0 Å². The molecule has 4 nitrogen and oxygen atoms in total. The van der Waals surface area contributed by atoms with Crippen LogP contribution in [0, 0.1) is 0 Å². The quantitative estimate of drug-likeness (QED) is 0.295. The molecule has 0 unspecified atom stereocenters. The average Bonchev–Trinajstić information content (AvgIpc) is 2.28. The Kier molecular flexibility index (Phi) is 2.32. The zero-order chi connectivity index (χ0) is 11.0. The first-order valence-electron chi connectivity index (χ1n) is 4.50. The number of rotatable bonds is 0. The first kappa shape index (κ1) is 9.92. The van der Waals surface area contributed by atoms with Crippen LogP contribution in [0.15, 0.2) is 18.2 Å². The Bertz CT molecular complexity index is 445. The second-order valence-electron chi connectivity index (χ2n) is 3.37. The molecule has 1 aliphatic rings. The number of ether oxygens (including phenoxy) is 1. The average molecular weight is 222 g/mol. The number of nitrogen functional groups attached to an aromatic ring is 1. The third-order valence-electron chi connectivity index (χ3n) is 2.16. The predicted octanol–water partition coefficient (Wildman–Crippen LogP) is 0.841. The first-order valence-corrected chi connectivity index (χ1v) is 4.91. The van der Waals surface area contributed by atoms with Crippen molar-refractivity contribution in [3.8, 4) is 5.75 Å². The number of nitrogens with one attached hydrogen (secondary N) is 1. The molecule has 1 atom stereocenters. The van der Waals surface area contributed by atoms with Crippen LogP contribution in [0.5, 0.6) is 5.75 Å². The van der Waals surface area contributed by atoms with Crippen LogP contribution in [0.4, 0.5) is 5.69 Å². The number of carbonyl (C=O) groups is 1. The summed E-state index contributed by atoms with van der Waals surface area (Å²) in [6.45, 7) is 1.70. The number of benzene rings is 1. The number of carbonyl (C=O) groups excluding carboxylic acids is 1. The van der Waals surface area contributed by atoms with E-state index in [1.165, 1.54) is 0 Å². The van der Waals surface area contributed by atoms with E-state index in [2.05, 4.69) is 5.32 Å². The molecule has 1 aromatic rings. The van der Waals surface area contributed by atoms with E-state index >= 15 is 0 Å². The summed E-state index contributed by atoms with van der Waals surface area (Å²) in [6, 6.07) is 4.57. The minimum absolute atomic E-state index is 0.346. The molecule has 0 saturated heterocycles. The van der Waals surface area contributed by atoms with Crippen LogP contribution in [0.1, 0.15) is 12.5 Å². The van der Waals surface area contributed by atoms with Gasteiger partial charge in [-0.25, -0.2) is 4.79 Å². The first-order chi connectivity index (χ1) is 7.08. The lowest BCUT2D eigenvalue weighted by Crippen LogP contribution is -2.37. The molecular weight excluding hydrogens is 212 g/mol. The van der Waals surface area contributed by atoms with Gasteiger partial charge in [-0.15, -0.1) is 0 Å². The van der Waals surface area contributed by atoms with Crippen molar-refractivity contribution in [3.63, 3.8) is 0 Å². The Labute approximate surface area is 92.4 Å². The van der Waals surface area contributed by atoms with Gasteiger partial charge in [0.25, 0.3) is 0 Å². The van der Waals surface area contributed by atoms with Gasteiger partial charge >= 0.3 is 5.97 Å². The standard InChI is InChI=1S/C10H10N2O2S/c1-5-10(13)14-8-3-2-6(11)4-7(8)9(15)12-5/h2-5H,11H2,1H3,(H,12,15)/t5-/m0/s1. The smallest absolute Gasteiger partial charge is 0.333 e. The van der Waals surface area contributed by atoms with Crippen LogP contribution in [0.2, 0.25) is 0 Å². The van der Waals surface area contributed by atoms with E-state index in [0.717, 1.165) is 0 Å². The molecule has 2 rings (SSSR count). The van der Waals surface area contributed by atoms with Crippen LogP contribution >= 0.6 is 12.2 Å². The lowest BCUT2D eigenvalue weighted by molar-refractivity contribution is -0.135. The van der Waals surface area contributed by atoms with E-state index in [-0.39, 0.29) is 5.97 Å². The zero-order valence-electron chi connectivity index (χ0n) is 8.11. The van der Waals surface area contributed by atoms with Crippen molar-refractivity contribution in [2.75, 3.05) is 5.73 Å². The van der Waals surface area contributed by atoms with Gasteiger partial charge in [0, 0.05) is 5.69 Å². The molecule has 1 aromatic carbocycles. The third-order valence-corrected chi connectivity index (χ3v) is 2.50. The summed E-state index contributed by atoms with van der Waals surface area (Å²) < 4.78 is 5.15. The van der Waals surface area contributed by atoms with E-state index in [1.807, 2.05) is 0 Å². The van der Waals surface area contributed by atoms with Gasteiger partial charge in [-0.3, -0.25) is 0 Å². The molecule has 0 aromatic heterocycles. The summed E-state index contributed by atoms with van der Waals surface area (Å²) in [6.07, 6.45) is 0. The van der Waals surface area contributed by atoms with Gasteiger partial charge < -0.3 is 15.8 Å². The van der Waals surface area contributed by atoms with Crippen molar-refractivity contribution in [1.29, 1.82) is 0 Å². The number of thiocarbonyl (C=S) groups is 1. The fourth-order valence-electron chi connectivity index (χ4n) is 1.34. The van der Waals surface area contributed by atoms with E-state index in [9.17, 15) is 4.79 Å². The van der Waals surface area contributed by atoms with Crippen molar-refractivity contribution < 1.29 is 9.53 Å². The van der Waals surface area contributed by atoms with Gasteiger partial charge in [0.1, 0.15) is 16.8 Å². The van der Waals surface area contributed by atoms with Gasteiger partial charge in [-0.2, -0.15) is 0 Å². The third kappa shape index (κ3) is 1.78. The van der Waals surface area contributed by atoms with E-state index < -0.39 is 6.04 Å². The summed E-state index contributed by atoms with van der Waals surface area (Å²) in [5.74, 6) is 0.108. The molecule has 0 spiro atoms. The van der Waals surface area contributed by atoms with Crippen molar-refractivity contribution in [1.82, 2.24) is 5.32 Å². The molecule has 3 N–H and O–H groups in total. The maximum Gasteiger partial charge on any atom is 0.333 e. The van der Waals surface area contributed by atoms with Gasteiger partial charge in [0.05, 0.1) is 5.56 Å². The van der Waals surface area contributed by atoms with E-state index in [4.69, 9.17) is 22.7 Å². The molecule has 1 aliphatic heterocycles. The highest BCUT2D eigenvalue weighted by molar-refractivity contribution is 7.80. The molecule has 5 heteroatoms. The van der Waals surface area contributed by atoms with Gasteiger partial charge in [-0.1, -0.05) is 12.2 Å². The fraction of sp³-hybridized carbons (Fsp3) is 0.200. The molecule has 78 valence electrons. The lowest BCUT2D eigenvalue weighted by Gasteiger charge is -2.07. The maximum atomic E-state index is 11.4. The maximum absolute atomic E-state index is 11.4. The Hall–Kier alpha value is -1.62. The Morgan fingerprint density at radius 3 is 3.00 bits per heavy atom. The lowest BCUT2D eigenvalue weighted by atomic mass is 10.2. The highest BCUT2D eigenvalue weighted by Gasteiger charge is 2.24. The normalized spacial score (nSPS) is 19.9. The number of hydrogen-bond donors (Lipinski definition) is 2. The monoisotopic (exact) mass is 222 g/mol. The van der Waals surface area contributed by atoms with Gasteiger partial charge in [-0.05, 0) is 25.1 Å². The number of fused-ring (bicyclic) bond motifs is 1. The highest BCUT2D eigenvalue weighted by atomic mass is 32.1. The molecule has 0 radical (unpaired) electrons. The zero-order valence-corrected chi connectivity index (χ0v) is 8.93. The number of hydrogen-bond acceptors (Lipinski definition) is 4. The summed E-state index contributed by atoms with van der Waals surface area (Å²) in [5, 5.41) is 2.88. The topological polar surface area (TPSA) is 64.3 Å². The van der Waals surface area contributed by atoms with Gasteiger partial charge in [0.2, 0.25) is 0 Å². The van der Waals surface area contributed by atoms with Crippen LogP contribution in [0.25, 0.3) is 0 Å². The van der Waals surface area contributed by atoms with Crippen molar-refractivity contribution in [3.05, 3.63) is 23.8 Å². The molecule has 1 heterocycles. The summed E-state index contributed by atoms with van der Waals surface area (Å²) in [5.41, 5.74) is 6.88. The molecule has 0 fully saturated rings. The Morgan fingerprint density at radius 2 is 2.27 bits per heavy atom. The Balaban J connectivity index is 2.51. The number of nitrogens with two attached hydrogens (primary N) is 1. The summed E-state index contributed by atoms with van der Waals surface area (Å²) in [4.78, 5) is 11.9. The van der Waals surface area contributed by atoms with Crippen LogP contribution in [0.3, 0.4) is 0 Å². The number of esters is 1. The van der Waals surface area contributed by atoms with Crippen LogP contribution < -0.4 is 15.8 Å². The second kappa shape index (κ2) is 3.51. The number of anilines is 1. The molecule has 0 bridgehead atoms. The Morgan fingerprint density at radius 1 is 1.53 bits per heavy atom. The van der Waals surface area contributed by atoms with Gasteiger partial charge in [0.15, 0.2) is 0 Å². The van der Waals surface area contributed by atoms with Crippen molar-refractivity contribution in [2.45, 2.75) is 13.0 Å². The molecule has 0 aliphatic carbocycles. The fourth-order valence-corrected chi connectivity index (χ4v) is 1.68.